The van der Waals surface area contributed by atoms with Gasteiger partial charge >= 0.3 is 11.9 Å². The van der Waals surface area contributed by atoms with Crippen molar-refractivity contribution in [1.82, 2.24) is 15.5 Å². The minimum Gasteiger partial charge on any atom is -0.714 e. The molecule has 36 heavy (non-hydrogen) atoms. The van der Waals surface area contributed by atoms with E-state index < -0.39 is 11.1 Å². The number of amidine groups is 2. The van der Waals surface area contributed by atoms with Gasteiger partial charge < -0.3 is 5.21 Å². The number of hydroxylamine groups is 3. The van der Waals surface area contributed by atoms with Crippen molar-refractivity contribution in [2.24, 2.45) is 5.10 Å². The summed E-state index contributed by atoms with van der Waals surface area (Å²) in [5, 5.41) is 37.9. The van der Waals surface area contributed by atoms with Crippen molar-refractivity contribution in [3.63, 3.8) is 0 Å². The van der Waals surface area contributed by atoms with Crippen LogP contribution in [0, 0.1) is 5.21 Å². The number of benzene rings is 2. The fraction of sp³-hybridized carbons (Fsp3) is 0.296. The first-order chi connectivity index (χ1) is 16.9. The Labute approximate surface area is 209 Å². The molecule has 2 heterocycles. The van der Waals surface area contributed by atoms with Crippen molar-refractivity contribution in [2.45, 2.75) is 45.7 Å². The molecule has 2 aliphatic rings. The number of fused-ring (bicyclic) bond motifs is 4. The van der Waals surface area contributed by atoms with Gasteiger partial charge in [0.15, 0.2) is 5.54 Å². The lowest BCUT2D eigenvalue weighted by atomic mass is 9.84. The molecule has 1 radical (unpaired) electrons. The number of hydrogen-bond acceptors (Lipinski definition) is 5. The summed E-state index contributed by atoms with van der Waals surface area (Å²) in [4.78, 5) is 12.8. The highest BCUT2D eigenvalue weighted by atomic mass is 16.5. The Morgan fingerprint density at radius 2 is 1.53 bits per heavy atom. The lowest BCUT2D eigenvalue weighted by molar-refractivity contribution is -0.539. The molecule has 2 aliphatic heterocycles. The van der Waals surface area contributed by atoms with Gasteiger partial charge in [-0.15, -0.1) is 5.10 Å². The molecule has 5 rings (SSSR count). The van der Waals surface area contributed by atoms with Gasteiger partial charge in [0.25, 0.3) is 0 Å². The first-order valence-corrected chi connectivity index (χ1v) is 11.8. The topological polar surface area (TPSA) is 97.1 Å². The van der Waals surface area contributed by atoms with Gasteiger partial charge in [-0.1, -0.05) is 35.4 Å². The third-order valence-corrected chi connectivity index (χ3v) is 7.38. The summed E-state index contributed by atoms with van der Waals surface area (Å²) in [5.41, 5.74) is 2.30. The molecule has 0 spiro atoms. The van der Waals surface area contributed by atoms with Crippen molar-refractivity contribution in [3.8, 4) is 0 Å². The molecule has 1 N–H and O–H groups in total. The number of carbonyl (C=O) groups excluding carboxylic acids is 1. The van der Waals surface area contributed by atoms with Gasteiger partial charge in [-0.2, -0.15) is 5.01 Å². The number of hydrazine groups is 1. The Morgan fingerprint density at radius 3 is 2.17 bits per heavy atom. The number of hydrazone groups is 1. The lowest BCUT2D eigenvalue weighted by Gasteiger charge is -2.32. The summed E-state index contributed by atoms with van der Waals surface area (Å²) in [6, 6.07) is 18.9. The highest BCUT2D eigenvalue weighted by molar-refractivity contribution is 6.03. The molecule has 0 aromatic heterocycles. The lowest BCUT2D eigenvalue weighted by Crippen LogP contribution is -2.53. The quantitative estimate of drug-likeness (QED) is 0.419. The molecule has 3 aromatic carbocycles. The van der Waals surface area contributed by atoms with Crippen LogP contribution in [0.5, 0.6) is 0 Å². The van der Waals surface area contributed by atoms with Crippen molar-refractivity contribution in [1.29, 1.82) is 0 Å². The highest BCUT2D eigenvalue weighted by Crippen LogP contribution is 2.37. The van der Waals surface area contributed by atoms with E-state index in [0.29, 0.717) is 17.1 Å². The summed E-state index contributed by atoms with van der Waals surface area (Å²) in [7, 11) is 1.65. The van der Waals surface area contributed by atoms with E-state index in [9.17, 15) is 15.2 Å². The molecule has 0 aliphatic carbocycles. The zero-order valence-electron chi connectivity index (χ0n) is 21.2. The predicted octanol–water partition coefficient (Wildman–Crippen LogP) is 4.74. The van der Waals surface area contributed by atoms with Gasteiger partial charge in [0.05, 0.1) is 11.3 Å². The normalized spacial score (nSPS) is 19.1. The molecule has 4 bridgehead atoms. The molecule has 2 amide bonds. The SMILES string of the molecule is CC1=NN(c2ccc3ccc4cc(C5=[N+]([O-])C(C)(C)C(C)(C)N5[O])cc(ccc2c3)c4)C(=O)N(C)N1. The third-order valence-electron chi connectivity index (χ3n) is 7.38. The zero-order chi connectivity index (χ0) is 26.0. The summed E-state index contributed by atoms with van der Waals surface area (Å²) in [6.45, 7) is 8.93. The van der Waals surface area contributed by atoms with Gasteiger partial charge in [0.1, 0.15) is 11.4 Å². The van der Waals surface area contributed by atoms with Crippen molar-refractivity contribution < 1.29 is 14.7 Å². The Hall–Kier alpha value is -4.11. The van der Waals surface area contributed by atoms with Gasteiger partial charge in [-0.25, -0.2) is 9.80 Å². The second-order valence-electron chi connectivity index (χ2n) is 10.4. The average Bonchev–Trinajstić information content (AvgIpc) is 2.94. The number of nitrogens with one attached hydrogen (secondary N) is 1. The zero-order valence-corrected chi connectivity index (χ0v) is 21.2. The first kappa shape index (κ1) is 23.6. The van der Waals surface area contributed by atoms with Gasteiger partial charge in [-0.05, 0) is 81.1 Å². The summed E-state index contributed by atoms with van der Waals surface area (Å²) >= 11 is 0. The Bertz CT molecular complexity index is 1510. The minimum absolute atomic E-state index is 0.102. The van der Waals surface area contributed by atoms with Crippen LogP contribution in [0.2, 0.25) is 0 Å². The third kappa shape index (κ3) is 3.54. The van der Waals surface area contributed by atoms with E-state index >= 15 is 0 Å². The number of anilines is 1. The van der Waals surface area contributed by atoms with Crippen LogP contribution < -0.4 is 10.4 Å². The van der Waals surface area contributed by atoms with E-state index in [-0.39, 0.29) is 11.9 Å². The highest BCUT2D eigenvalue weighted by Gasteiger charge is 2.59. The Balaban J connectivity index is 1.71. The van der Waals surface area contributed by atoms with E-state index in [2.05, 4.69) is 10.5 Å². The summed E-state index contributed by atoms with van der Waals surface area (Å²) in [6.07, 6.45) is 0. The van der Waals surface area contributed by atoms with Crippen LogP contribution >= 0.6 is 0 Å². The van der Waals surface area contributed by atoms with Crippen LogP contribution in [0.25, 0.3) is 21.5 Å². The molecule has 0 unspecified atom stereocenters. The Morgan fingerprint density at radius 1 is 0.917 bits per heavy atom. The number of carbonyl (C=O) groups is 1. The maximum absolute atomic E-state index is 13.2. The fourth-order valence-corrected chi connectivity index (χ4v) is 4.53. The maximum Gasteiger partial charge on any atom is 0.363 e. The van der Waals surface area contributed by atoms with Crippen LogP contribution in [-0.2, 0) is 5.21 Å². The van der Waals surface area contributed by atoms with E-state index in [1.165, 1.54) is 10.0 Å². The van der Waals surface area contributed by atoms with E-state index in [1.54, 1.807) is 41.7 Å². The van der Waals surface area contributed by atoms with Gasteiger partial charge in [0, 0.05) is 17.6 Å². The van der Waals surface area contributed by atoms with Crippen molar-refractivity contribution in [3.05, 3.63) is 71.4 Å². The van der Waals surface area contributed by atoms with Crippen LogP contribution in [0.15, 0.2) is 65.8 Å². The largest absolute Gasteiger partial charge is 0.714 e. The molecule has 9 heteroatoms. The number of amides is 2. The van der Waals surface area contributed by atoms with E-state index in [4.69, 9.17) is 0 Å². The standard InChI is InChI=1S/C27H29N6O3/c1-17-28-30(6)25(34)31(29-17)23-12-10-18-7-8-19-13-20(9-11-21(23)14-18)16-22(15-19)24-32(35)26(2,3)27(4,5)33(24)36/h7-16H,1-6H3,(H,28,29). The van der Waals surface area contributed by atoms with Crippen molar-refractivity contribution in [2.75, 3.05) is 12.1 Å². The summed E-state index contributed by atoms with van der Waals surface area (Å²) in [5.74, 6) is 0.698. The Kier molecular flexibility index (Phi) is 5.22. The molecule has 185 valence electrons. The second kappa shape index (κ2) is 7.96. The first-order valence-electron chi connectivity index (χ1n) is 11.8. The van der Waals surface area contributed by atoms with Gasteiger partial charge in [-0.3, -0.25) is 10.2 Å². The molecule has 0 fully saturated rings. The number of nitrogens with zero attached hydrogens (tertiary/aromatic N) is 5. The molecule has 0 saturated heterocycles. The average molecular weight is 486 g/mol. The predicted molar refractivity (Wildman–Crippen MR) is 141 cm³/mol. The minimum atomic E-state index is -0.897. The molecule has 0 saturated carbocycles. The number of urea groups is 1. The number of rotatable bonds is 2. The van der Waals surface area contributed by atoms with Crippen molar-refractivity contribution >= 4 is 44.9 Å². The molecule has 3 aromatic rings. The number of hydrogen-bond donors (Lipinski definition) is 1. The van der Waals surface area contributed by atoms with Crippen LogP contribution in [0.4, 0.5) is 10.5 Å². The molecular weight excluding hydrogens is 456 g/mol. The fourth-order valence-electron chi connectivity index (χ4n) is 4.53. The summed E-state index contributed by atoms with van der Waals surface area (Å²) < 4.78 is 0.829. The van der Waals surface area contributed by atoms with E-state index in [1.807, 2.05) is 60.7 Å². The molecule has 0 atom stereocenters. The maximum atomic E-state index is 13.2. The van der Waals surface area contributed by atoms with Crippen LogP contribution in [-0.4, -0.2) is 50.6 Å². The van der Waals surface area contributed by atoms with Gasteiger partial charge in [0.2, 0.25) is 0 Å². The smallest absolute Gasteiger partial charge is 0.363 e. The van der Waals surface area contributed by atoms with Crippen LogP contribution in [0.3, 0.4) is 0 Å². The van der Waals surface area contributed by atoms with Crippen LogP contribution in [0.1, 0.15) is 40.2 Å². The second-order valence-corrected chi connectivity index (χ2v) is 10.4. The van der Waals surface area contributed by atoms with E-state index in [0.717, 1.165) is 31.3 Å². The molecular formula is C27H29N6O3. The molecule has 9 nitrogen and oxygen atoms in total. The monoisotopic (exact) mass is 485 g/mol.